The molecule has 0 saturated heterocycles. The van der Waals surface area contributed by atoms with E-state index in [4.69, 9.17) is 0 Å². The maximum absolute atomic E-state index is 14.7. The van der Waals surface area contributed by atoms with Crippen LogP contribution in [-0.2, 0) is 49.4 Å². The molecule has 0 radical (unpaired) electrons. The smallest absolute Gasteiger partial charge is 0.166 e. The van der Waals surface area contributed by atoms with Crippen LogP contribution in [0.5, 0.6) is 0 Å². The van der Waals surface area contributed by atoms with Gasteiger partial charge in [-0.1, -0.05) is 48.5 Å². The lowest BCUT2D eigenvalue weighted by molar-refractivity contribution is -0.161. The van der Waals surface area contributed by atoms with Gasteiger partial charge in [-0.15, -0.1) is 0 Å². The Balaban J connectivity index is 2.41. The first-order valence-corrected chi connectivity index (χ1v) is 18.1. The Morgan fingerprint density at radius 3 is 0.559 bits per heavy atom. The molecule has 0 fully saturated rings. The molecule has 0 heterocycles. The zero-order valence-corrected chi connectivity index (χ0v) is 29.4. The first-order chi connectivity index (χ1) is 26.4. The van der Waals surface area contributed by atoms with Crippen LogP contribution < -0.4 is 21.2 Å². The van der Waals surface area contributed by atoms with Crippen LogP contribution in [0.4, 0.5) is 105 Å². The normalized spacial score (nSPS) is 14.1. The Hall–Kier alpha value is -3.94. The highest BCUT2D eigenvalue weighted by molar-refractivity contribution is 7.88. The lowest BCUT2D eigenvalue weighted by Crippen LogP contribution is -2.35. The largest absolute Gasteiger partial charge is 0.417 e. The van der Waals surface area contributed by atoms with Crippen molar-refractivity contribution in [2.45, 2.75) is 49.4 Å². The monoisotopic (exact) mass is 928 g/mol. The summed E-state index contributed by atoms with van der Waals surface area (Å²) in [7, 11) is -9.23. The van der Waals surface area contributed by atoms with Crippen molar-refractivity contribution in [3.05, 3.63) is 117 Å². The van der Waals surface area contributed by atoms with Crippen molar-refractivity contribution in [1.29, 1.82) is 0 Å². The van der Waals surface area contributed by atoms with E-state index in [2.05, 4.69) is 0 Å². The third kappa shape index (κ3) is 10.2. The number of benzene rings is 4. The molecule has 0 unspecified atom stereocenters. The first-order valence-electron chi connectivity index (χ1n) is 15.0. The molecule has 4 rings (SSSR count). The molecule has 0 nitrogen and oxygen atoms in total. The van der Waals surface area contributed by atoms with Gasteiger partial charge in [0.15, 0.2) is 0 Å². The maximum atomic E-state index is 14.7. The van der Waals surface area contributed by atoms with Crippen LogP contribution in [0.25, 0.3) is 0 Å². The summed E-state index contributed by atoms with van der Waals surface area (Å²) in [5, 5.41) is -8.61. The second-order valence-electron chi connectivity index (χ2n) is 11.8. The number of alkyl halides is 24. The summed E-state index contributed by atoms with van der Waals surface area (Å²) in [6.45, 7) is 0. The van der Waals surface area contributed by atoms with Crippen molar-refractivity contribution in [2.75, 3.05) is 5.90 Å². The molecule has 0 aliphatic carbocycles. The Labute approximate surface area is 315 Å². The molecule has 4 aromatic carbocycles. The van der Waals surface area contributed by atoms with E-state index in [0.717, 1.165) is 0 Å². The molecule has 0 N–H and O–H groups in total. The minimum atomic E-state index is -6.43. The summed E-state index contributed by atoms with van der Waals surface area (Å²) >= 11 is 0. The fraction of sp³-hybridized carbons (Fsp3) is 0.273. The molecule has 0 amide bonds. The van der Waals surface area contributed by atoms with Crippen LogP contribution >= 0.6 is 15.8 Å². The van der Waals surface area contributed by atoms with Crippen LogP contribution in [0.3, 0.4) is 0 Å². The first kappa shape index (κ1) is 47.7. The minimum absolute atomic E-state index is 0.0166. The summed E-state index contributed by atoms with van der Waals surface area (Å²) in [5.41, 5.74) is -23.3. The van der Waals surface area contributed by atoms with Gasteiger partial charge in [0.25, 0.3) is 0 Å². The van der Waals surface area contributed by atoms with E-state index in [1.165, 1.54) is 0 Å². The highest BCUT2D eigenvalue weighted by atomic mass is 31.2. The van der Waals surface area contributed by atoms with Crippen LogP contribution in [0.2, 0.25) is 0 Å². The predicted octanol–water partition coefficient (Wildman–Crippen LogP) is 13.4. The number of hydrogen-bond donors (Lipinski definition) is 0. The van der Waals surface area contributed by atoms with Crippen molar-refractivity contribution >= 4 is 37.1 Å². The topological polar surface area (TPSA) is 0 Å². The third-order valence-corrected chi connectivity index (χ3v) is 14.1. The van der Waals surface area contributed by atoms with Crippen molar-refractivity contribution < 1.29 is 105 Å². The maximum Gasteiger partial charge on any atom is 0.417 e. The second kappa shape index (κ2) is 15.5. The fourth-order valence-electron chi connectivity index (χ4n) is 5.90. The zero-order valence-electron chi connectivity index (χ0n) is 27.6. The van der Waals surface area contributed by atoms with Crippen LogP contribution in [-0.4, -0.2) is 5.90 Å². The Morgan fingerprint density at radius 1 is 0.254 bits per heavy atom. The van der Waals surface area contributed by atoms with Gasteiger partial charge < -0.3 is 0 Å². The summed E-state index contributed by atoms with van der Waals surface area (Å²) < 4.78 is 345. The summed E-state index contributed by atoms with van der Waals surface area (Å²) in [5.74, 6) is -2.38. The minimum Gasteiger partial charge on any atom is -0.166 e. The van der Waals surface area contributed by atoms with E-state index in [1.54, 1.807) is 0 Å². The lowest BCUT2D eigenvalue weighted by atomic mass is 10.1. The van der Waals surface area contributed by atoms with Gasteiger partial charge in [0.2, 0.25) is 0 Å². The average molecular weight is 928 g/mol. The molecule has 0 saturated carbocycles. The van der Waals surface area contributed by atoms with Crippen molar-refractivity contribution in [3.63, 3.8) is 0 Å². The van der Waals surface area contributed by atoms with E-state index >= 15 is 0 Å². The second-order valence-corrected chi connectivity index (χ2v) is 16.5. The third-order valence-electron chi connectivity index (χ3n) is 7.97. The molecular weight excluding hydrogens is 914 g/mol. The van der Waals surface area contributed by atoms with Crippen LogP contribution in [0.1, 0.15) is 44.5 Å². The summed E-state index contributed by atoms with van der Waals surface area (Å²) in [6, 6.07) is -1.85. The van der Waals surface area contributed by atoms with Gasteiger partial charge in [0.05, 0.1) is 44.5 Å². The molecule has 0 atom stereocenters. The van der Waals surface area contributed by atoms with Gasteiger partial charge in [-0.05, 0) is 61.3 Å². The summed E-state index contributed by atoms with van der Waals surface area (Å²) in [6.07, 6.45) is -50.4. The molecule has 0 aromatic heterocycles. The van der Waals surface area contributed by atoms with Crippen molar-refractivity contribution in [3.8, 4) is 0 Å². The quantitative estimate of drug-likeness (QED) is 0.134. The molecule has 0 aliphatic rings. The van der Waals surface area contributed by atoms with Gasteiger partial charge in [0, 0.05) is 5.90 Å². The molecule has 59 heavy (non-hydrogen) atoms. The van der Waals surface area contributed by atoms with Gasteiger partial charge in [-0.3, -0.25) is 0 Å². The molecule has 0 bridgehead atoms. The van der Waals surface area contributed by atoms with Gasteiger partial charge >= 0.3 is 49.4 Å². The fourth-order valence-corrected chi connectivity index (χ4v) is 13.1. The molecule has 26 heteroatoms. The molecular formula is C33H14F24P2. The number of hydrogen-bond acceptors (Lipinski definition) is 0. The van der Waals surface area contributed by atoms with E-state index < -0.39 is 137 Å². The Morgan fingerprint density at radius 2 is 0.424 bits per heavy atom. The summed E-state index contributed by atoms with van der Waals surface area (Å²) in [4.78, 5) is 0. The van der Waals surface area contributed by atoms with Crippen molar-refractivity contribution in [1.82, 2.24) is 0 Å². The molecule has 324 valence electrons. The van der Waals surface area contributed by atoms with E-state index in [0.29, 0.717) is 0 Å². The zero-order chi connectivity index (χ0) is 45.3. The number of rotatable bonds is 6. The molecule has 0 aliphatic heterocycles. The molecule has 0 spiro atoms. The predicted molar refractivity (Wildman–Crippen MR) is 163 cm³/mol. The highest BCUT2D eigenvalue weighted by Gasteiger charge is 2.53. The molecule has 4 aromatic rings. The van der Waals surface area contributed by atoms with E-state index in [9.17, 15) is 105 Å². The standard InChI is InChI=1S/C33H14F24P2/c34-26(35,36)14-5-1-9-18(22(14)30(46,47)48)58(19-10-2-6-15(27(37,38)39)23(19)31(49,50)51)13-59(20-11-3-7-16(28(40,41)42)24(20)32(52,53)54)21-12-4-8-17(29(43,44)45)25(21)33(55,56)57/h1-12H,13H2. The highest BCUT2D eigenvalue weighted by Crippen LogP contribution is 2.58. The van der Waals surface area contributed by atoms with Gasteiger partial charge in [0.1, 0.15) is 0 Å². The number of halogens is 24. The van der Waals surface area contributed by atoms with E-state index in [-0.39, 0.29) is 72.8 Å². The van der Waals surface area contributed by atoms with Crippen LogP contribution in [0.15, 0.2) is 72.8 Å². The van der Waals surface area contributed by atoms with Gasteiger partial charge in [-0.2, -0.15) is 105 Å². The lowest BCUT2D eigenvalue weighted by Gasteiger charge is -2.34. The van der Waals surface area contributed by atoms with Gasteiger partial charge in [-0.25, -0.2) is 0 Å². The Bertz CT molecular complexity index is 1860. The Kier molecular flexibility index (Phi) is 12.5. The average Bonchev–Trinajstić information content (AvgIpc) is 3.04. The SMILES string of the molecule is FC(F)(F)c1cccc(P(CP(c2cccc(C(F)(F)F)c2C(F)(F)F)c2cccc(C(F)(F)F)c2C(F)(F)F)c2cccc(C(F)(F)F)c2C(F)(F)F)c1C(F)(F)F. The van der Waals surface area contributed by atoms with Crippen molar-refractivity contribution in [2.24, 2.45) is 0 Å². The van der Waals surface area contributed by atoms with Crippen LogP contribution in [0, 0.1) is 0 Å². The van der Waals surface area contributed by atoms with E-state index in [1.807, 2.05) is 0 Å².